The molecule has 21 heavy (non-hydrogen) atoms. The molecule has 1 saturated carbocycles. The van der Waals surface area contributed by atoms with Crippen LogP contribution in [0, 0.1) is 6.92 Å². The van der Waals surface area contributed by atoms with Gasteiger partial charge in [-0.3, -0.25) is 0 Å². The maximum Gasteiger partial charge on any atom is 0.525 e. The van der Waals surface area contributed by atoms with E-state index in [9.17, 15) is 4.39 Å². The van der Waals surface area contributed by atoms with Gasteiger partial charge in [-0.15, -0.1) is 11.3 Å². The van der Waals surface area contributed by atoms with Crippen LogP contribution in [0.15, 0.2) is 22.7 Å². The van der Waals surface area contributed by atoms with E-state index in [1.807, 2.05) is 27.7 Å². The standard InChI is InChI=1S/C16H22BFO2S/c1-10-8-9-21-13(10)11-6-7-12(11)14(18)17-19-15(2,3)16(4,5)20-17/h8-9,11H,6-7H2,1-5H3. The van der Waals surface area contributed by atoms with Gasteiger partial charge in [0.25, 0.3) is 0 Å². The van der Waals surface area contributed by atoms with Crippen molar-refractivity contribution in [1.29, 1.82) is 0 Å². The van der Waals surface area contributed by atoms with Crippen molar-refractivity contribution in [1.82, 2.24) is 0 Å². The minimum absolute atomic E-state index is 0.210. The van der Waals surface area contributed by atoms with Crippen LogP contribution in [0.2, 0.25) is 0 Å². The van der Waals surface area contributed by atoms with Crippen molar-refractivity contribution < 1.29 is 13.7 Å². The van der Waals surface area contributed by atoms with Gasteiger partial charge in [-0.05, 0) is 70.0 Å². The summed E-state index contributed by atoms with van der Waals surface area (Å²) in [7, 11) is -0.854. The molecule has 1 atom stereocenters. The highest BCUT2D eigenvalue weighted by atomic mass is 32.1. The van der Waals surface area contributed by atoms with Gasteiger partial charge in [-0.25, -0.2) is 4.39 Å². The Morgan fingerprint density at radius 3 is 2.33 bits per heavy atom. The number of thiophene rings is 1. The van der Waals surface area contributed by atoms with Crippen LogP contribution >= 0.6 is 11.3 Å². The van der Waals surface area contributed by atoms with Crippen molar-refractivity contribution >= 4 is 18.5 Å². The first-order valence-electron chi connectivity index (χ1n) is 7.51. The average molecular weight is 308 g/mol. The van der Waals surface area contributed by atoms with Gasteiger partial charge < -0.3 is 9.31 Å². The van der Waals surface area contributed by atoms with Gasteiger partial charge >= 0.3 is 7.12 Å². The Labute approximate surface area is 130 Å². The topological polar surface area (TPSA) is 18.5 Å². The van der Waals surface area contributed by atoms with Crippen LogP contribution in [0.25, 0.3) is 0 Å². The molecule has 1 aromatic rings. The molecular weight excluding hydrogens is 286 g/mol. The summed E-state index contributed by atoms with van der Waals surface area (Å²) < 4.78 is 26.5. The van der Waals surface area contributed by atoms with Gasteiger partial charge in [0.2, 0.25) is 0 Å². The predicted molar refractivity (Wildman–Crippen MR) is 85.2 cm³/mol. The quantitative estimate of drug-likeness (QED) is 0.731. The number of rotatable bonds is 2. The van der Waals surface area contributed by atoms with E-state index < -0.39 is 18.3 Å². The maximum atomic E-state index is 14.8. The molecule has 0 bridgehead atoms. The van der Waals surface area contributed by atoms with Crippen LogP contribution in [0.3, 0.4) is 0 Å². The largest absolute Gasteiger partial charge is 0.525 e. The molecule has 1 aromatic heterocycles. The average Bonchev–Trinajstić information content (AvgIpc) is 2.81. The predicted octanol–water partition coefficient (Wildman–Crippen LogP) is 4.79. The summed E-state index contributed by atoms with van der Waals surface area (Å²) >= 11 is 1.71. The second-order valence-corrected chi connectivity index (χ2v) is 7.97. The van der Waals surface area contributed by atoms with E-state index in [-0.39, 0.29) is 11.6 Å². The highest BCUT2D eigenvalue weighted by molar-refractivity contribution is 7.10. The van der Waals surface area contributed by atoms with Gasteiger partial charge in [0, 0.05) is 10.8 Å². The third-order valence-corrected chi connectivity index (χ3v) is 6.24. The fraction of sp³-hybridized carbons (Fsp3) is 0.625. The normalized spacial score (nSPS) is 29.4. The lowest BCUT2D eigenvalue weighted by molar-refractivity contribution is 0.00578. The monoisotopic (exact) mass is 308 g/mol. The summed E-state index contributed by atoms with van der Waals surface area (Å²) in [6.07, 6.45) is 1.82. The van der Waals surface area contributed by atoms with Crippen LogP contribution in [-0.4, -0.2) is 18.3 Å². The van der Waals surface area contributed by atoms with Gasteiger partial charge in [-0.1, -0.05) is 0 Å². The highest BCUT2D eigenvalue weighted by Crippen LogP contribution is 2.49. The number of aryl methyl sites for hydroxylation is 1. The van der Waals surface area contributed by atoms with Crippen molar-refractivity contribution in [2.24, 2.45) is 0 Å². The molecular formula is C16H22BFO2S. The second-order valence-electron chi connectivity index (χ2n) is 7.02. The van der Waals surface area contributed by atoms with Gasteiger partial charge in [0.15, 0.2) is 0 Å². The van der Waals surface area contributed by atoms with Crippen LogP contribution < -0.4 is 0 Å². The smallest absolute Gasteiger partial charge is 0.398 e. The molecule has 0 spiro atoms. The van der Waals surface area contributed by atoms with Crippen LogP contribution in [0.1, 0.15) is 56.9 Å². The molecule has 1 aliphatic carbocycles. The van der Waals surface area contributed by atoms with Crippen LogP contribution in [0.4, 0.5) is 4.39 Å². The molecule has 0 N–H and O–H groups in total. The number of hydrogen-bond donors (Lipinski definition) is 0. The summed E-state index contributed by atoms with van der Waals surface area (Å²) in [4.78, 5) is 1.28. The lowest BCUT2D eigenvalue weighted by Gasteiger charge is -2.32. The van der Waals surface area contributed by atoms with E-state index >= 15 is 0 Å². The molecule has 0 amide bonds. The van der Waals surface area contributed by atoms with E-state index in [2.05, 4.69) is 18.4 Å². The minimum atomic E-state index is -0.854. The van der Waals surface area contributed by atoms with Crippen molar-refractivity contribution in [2.45, 2.75) is 64.6 Å². The first-order chi connectivity index (χ1) is 9.73. The van der Waals surface area contributed by atoms with E-state index in [1.165, 1.54) is 10.4 Å². The number of halogens is 1. The van der Waals surface area contributed by atoms with Gasteiger partial charge in [0.05, 0.1) is 11.2 Å². The van der Waals surface area contributed by atoms with Crippen LogP contribution in [-0.2, 0) is 9.31 Å². The Balaban J connectivity index is 1.85. The summed E-state index contributed by atoms with van der Waals surface area (Å²) in [5.41, 5.74) is 0.919. The highest BCUT2D eigenvalue weighted by Gasteiger charge is 2.54. The molecule has 0 radical (unpaired) electrons. The third kappa shape index (κ3) is 2.39. The summed E-state index contributed by atoms with van der Waals surface area (Å²) in [5.74, 6) is 0.212. The first kappa shape index (κ1) is 15.3. The first-order valence-corrected chi connectivity index (χ1v) is 8.39. The lowest BCUT2D eigenvalue weighted by atomic mass is 9.70. The molecule has 5 heteroatoms. The van der Waals surface area contributed by atoms with Gasteiger partial charge in [0.1, 0.15) is 5.73 Å². The minimum Gasteiger partial charge on any atom is -0.398 e. The third-order valence-electron chi connectivity index (χ3n) is 5.11. The number of allylic oxidation sites excluding steroid dienone is 1. The van der Waals surface area contributed by atoms with Gasteiger partial charge in [-0.2, -0.15) is 0 Å². The number of hydrogen-bond acceptors (Lipinski definition) is 3. The summed E-state index contributed by atoms with van der Waals surface area (Å²) in [6, 6.07) is 2.10. The second kappa shape index (κ2) is 4.93. The molecule has 1 saturated heterocycles. The summed E-state index contributed by atoms with van der Waals surface area (Å²) in [6.45, 7) is 9.90. The Hall–Kier alpha value is -0.645. The Morgan fingerprint density at radius 1 is 1.29 bits per heavy atom. The fourth-order valence-corrected chi connectivity index (χ4v) is 3.94. The molecule has 2 nitrogen and oxygen atoms in total. The fourth-order valence-electron chi connectivity index (χ4n) is 2.85. The molecule has 2 fully saturated rings. The van der Waals surface area contributed by atoms with Crippen molar-refractivity contribution in [3.8, 4) is 0 Å². The van der Waals surface area contributed by atoms with Crippen molar-refractivity contribution in [3.63, 3.8) is 0 Å². The Bertz CT molecular complexity index is 575. The van der Waals surface area contributed by atoms with Crippen molar-refractivity contribution in [3.05, 3.63) is 33.2 Å². The Kier molecular flexibility index (Phi) is 3.58. The zero-order valence-electron chi connectivity index (χ0n) is 13.3. The Morgan fingerprint density at radius 2 is 1.90 bits per heavy atom. The molecule has 2 heterocycles. The van der Waals surface area contributed by atoms with E-state index in [1.54, 1.807) is 11.3 Å². The van der Waals surface area contributed by atoms with E-state index in [0.717, 1.165) is 18.4 Å². The van der Waals surface area contributed by atoms with Crippen molar-refractivity contribution in [2.75, 3.05) is 0 Å². The van der Waals surface area contributed by atoms with Crippen LogP contribution in [0.5, 0.6) is 0 Å². The SMILES string of the molecule is Cc1ccsc1C1CCC1=C(F)B1OC(C)(C)C(C)(C)O1. The zero-order valence-corrected chi connectivity index (χ0v) is 14.1. The zero-order chi connectivity index (χ0) is 15.4. The maximum absolute atomic E-state index is 14.8. The molecule has 3 rings (SSSR count). The molecule has 1 aliphatic heterocycles. The van der Waals surface area contributed by atoms with E-state index in [4.69, 9.17) is 9.31 Å². The molecule has 0 aromatic carbocycles. The molecule has 1 unspecified atom stereocenters. The van der Waals surface area contributed by atoms with E-state index in [0.29, 0.717) is 0 Å². The lowest BCUT2D eigenvalue weighted by Crippen LogP contribution is -2.41. The summed E-state index contributed by atoms with van der Waals surface area (Å²) in [5, 5.41) is 2.08. The molecule has 2 aliphatic rings. The molecule has 114 valence electrons.